The van der Waals surface area contributed by atoms with Crippen molar-refractivity contribution in [3.63, 3.8) is 0 Å². The van der Waals surface area contributed by atoms with Crippen LogP contribution < -0.4 is 4.74 Å². The van der Waals surface area contributed by atoms with E-state index in [1.807, 2.05) is 24.3 Å². The Labute approximate surface area is 176 Å². The number of sulfonamides is 1. The summed E-state index contributed by atoms with van der Waals surface area (Å²) in [6.07, 6.45) is 6.24. The number of ether oxygens (including phenoxy) is 1. The predicted molar refractivity (Wildman–Crippen MR) is 112 cm³/mol. The van der Waals surface area contributed by atoms with Gasteiger partial charge in [0.15, 0.2) is 0 Å². The fraction of sp³-hybridized carbons (Fsp3) is 0.476. The van der Waals surface area contributed by atoms with Gasteiger partial charge in [-0.3, -0.25) is 9.78 Å². The average molecular weight is 431 g/mol. The quantitative estimate of drug-likeness (QED) is 0.715. The zero-order valence-corrected chi connectivity index (χ0v) is 17.8. The molecule has 1 amide bonds. The molecule has 0 saturated carbocycles. The van der Waals surface area contributed by atoms with E-state index in [4.69, 9.17) is 4.74 Å². The van der Waals surface area contributed by atoms with Crippen LogP contribution >= 0.6 is 0 Å². The van der Waals surface area contributed by atoms with Gasteiger partial charge in [0.25, 0.3) is 5.91 Å². The number of carbonyl (C=O) groups is 1. The van der Waals surface area contributed by atoms with E-state index in [1.165, 1.54) is 18.6 Å². The lowest BCUT2D eigenvalue weighted by molar-refractivity contribution is 0.0752. The Bertz CT molecular complexity index is 999. The van der Waals surface area contributed by atoms with E-state index in [0.29, 0.717) is 51.1 Å². The number of hydrogen-bond acceptors (Lipinski definition) is 6. The first-order chi connectivity index (χ1) is 14.5. The zero-order chi connectivity index (χ0) is 21.1. The van der Waals surface area contributed by atoms with E-state index in [9.17, 15) is 13.2 Å². The van der Waals surface area contributed by atoms with Crippen LogP contribution in [0.2, 0.25) is 0 Å². The minimum atomic E-state index is -3.37. The van der Waals surface area contributed by atoms with Gasteiger partial charge in [0.2, 0.25) is 10.0 Å². The summed E-state index contributed by atoms with van der Waals surface area (Å²) < 4.78 is 33.2. The maximum atomic E-state index is 13.1. The monoisotopic (exact) mass is 430 g/mol. The lowest BCUT2D eigenvalue weighted by atomic mass is 10.0. The molecule has 0 N–H and O–H groups in total. The molecule has 2 aliphatic rings. The maximum Gasteiger partial charge on any atom is 0.274 e. The lowest BCUT2D eigenvalue weighted by Gasteiger charge is -2.21. The molecule has 30 heavy (non-hydrogen) atoms. The summed E-state index contributed by atoms with van der Waals surface area (Å²) in [6.45, 7) is 1.93. The van der Waals surface area contributed by atoms with Crippen LogP contribution in [0, 0.1) is 5.92 Å². The molecular formula is C21H26N4O4S. The van der Waals surface area contributed by atoms with Crippen LogP contribution in [0.4, 0.5) is 0 Å². The molecule has 2 fully saturated rings. The first kappa shape index (κ1) is 20.7. The topological polar surface area (TPSA) is 92.7 Å². The fourth-order valence-electron chi connectivity index (χ4n) is 4.37. The molecule has 160 valence electrons. The van der Waals surface area contributed by atoms with Crippen LogP contribution in [-0.4, -0.2) is 72.0 Å². The second kappa shape index (κ2) is 8.69. The van der Waals surface area contributed by atoms with E-state index < -0.39 is 15.3 Å². The van der Waals surface area contributed by atoms with E-state index in [0.717, 1.165) is 11.3 Å². The maximum absolute atomic E-state index is 13.1. The van der Waals surface area contributed by atoms with Crippen molar-refractivity contribution in [1.29, 1.82) is 0 Å². The Morgan fingerprint density at radius 1 is 1.23 bits per heavy atom. The van der Waals surface area contributed by atoms with Gasteiger partial charge in [-0.25, -0.2) is 17.7 Å². The number of aromatic nitrogens is 2. The van der Waals surface area contributed by atoms with E-state index in [1.54, 1.807) is 16.3 Å². The summed E-state index contributed by atoms with van der Waals surface area (Å²) in [7, 11) is -1.75. The largest absolute Gasteiger partial charge is 0.497 e. The van der Waals surface area contributed by atoms with Crippen molar-refractivity contribution in [1.82, 2.24) is 19.2 Å². The number of nitrogens with zero attached hydrogens (tertiary/aromatic N) is 4. The Balaban J connectivity index is 1.40. The van der Waals surface area contributed by atoms with Crippen molar-refractivity contribution < 1.29 is 17.9 Å². The minimum Gasteiger partial charge on any atom is -0.497 e. The molecule has 2 aromatic rings. The highest BCUT2D eigenvalue weighted by molar-refractivity contribution is 7.90. The molecule has 9 heteroatoms. The first-order valence-electron chi connectivity index (χ1n) is 10.2. The van der Waals surface area contributed by atoms with Crippen LogP contribution in [0.5, 0.6) is 5.75 Å². The number of hydrogen-bond donors (Lipinski definition) is 0. The number of benzene rings is 1. The van der Waals surface area contributed by atoms with Gasteiger partial charge in [-0.2, -0.15) is 0 Å². The number of amides is 1. The van der Waals surface area contributed by atoms with Gasteiger partial charge in [-0.15, -0.1) is 0 Å². The van der Waals surface area contributed by atoms with Gasteiger partial charge in [0.1, 0.15) is 11.4 Å². The number of rotatable bonds is 5. The SMILES string of the molecule is COc1cccc(CCN2C[C@H]3CCN(C(=O)c4cnccn4)CC[C@H]3S2(=O)=O)c1. The van der Waals surface area contributed by atoms with Crippen molar-refractivity contribution in [2.45, 2.75) is 24.5 Å². The molecule has 8 nitrogen and oxygen atoms in total. The normalized spacial score (nSPS) is 23.6. The van der Waals surface area contributed by atoms with Gasteiger partial charge in [0, 0.05) is 38.6 Å². The van der Waals surface area contributed by atoms with Crippen molar-refractivity contribution in [3.8, 4) is 5.75 Å². The van der Waals surface area contributed by atoms with Gasteiger partial charge < -0.3 is 9.64 Å². The molecule has 2 atom stereocenters. The Kier molecular flexibility index (Phi) is 6.01. The van der Waals surface area contributed by atoms with Crippen LogP contribution in [0.25, 0.3) is 0 Å². The van der Waals surface area contributed by atoms with Gasteiger partial charge >= 0.3 is 0 Å². The number of likely N-dealkylation sites (tertiary alicyclic amines) is 1. The molecule has 1 aromatic carbocycles. The molecule has 2 saturated heterocycles. The Morgan fingerprint density at radius 3 is 2.83 bits per heavy atom. The molecule has 4 rings (SSSR count). The van der Waals surface area contributed by atoms with Crippen molar-refractivity contribution in [2.75, 3.05) is 33.3 Å². The van der Waals surface area contributed by atoms with Crippen molar-refractivity contribution in [3.05, 3.63) is 54.1 Å². The number of carbonyl (C=O) groups excluding carboxylic acids is 1. The van der Waals surface area contributed by atoms with E-state index in [2.05, 4.69) is 9.97 Å². The Hall–Kier alpha value is -2.52. The van der Waals surface area contributed by atoms with Gasteiger partial charge in [-0.1, -0.05) is 12.1 Å². The lowest BCUT2D eigenvalue weighted by Crippen LogP contribution is -2.35. The molecule has 3 heterocycles. The van der Waals surface area contributed by atoms with Crippen molar-refractivity contribution in [2.24, 2.45) is 5.92 Å². The smallest absolute Gasteiger partial charge is 0.274 e. The van der Waals surface area contributed by atoms with Crippen LogP contribution in [0.15, 0.2) is 42.9 Å². The highest BCUT2D eigenvalue weighted by Crippen LogP contribution is 2.34. The minimum absolute atomic E-state index is 0.0416. The van der Waals surface area contributed by atoms with Crippen molar-refractivity contribution >= 4 is 15.9 Å². The zero-order valence-electron chi connectivity index (χ0n) is 17.0. The van der Waals surface area contributed by atoms with E-state index in [-0.39, 0.29) is 11.8 Å². The van der Waals surface area contributed by atoms with Crippen LogP contribution in [-0.2, 0) is 16.4 Å². The van der Waals surface area contributed by atoms with Gasteiger partial charge in [-0.05, 0) is 42.9 Å². The molecule has 0 radical (unpaired) electrons. The summed E-state index contributed by atoms with van der Waals surface area (Å²) in [5.41, 5.74) is 1.35. The molecule has 0 bridgehead atoms. The first-order valence-corrected chi connectivity index (χ1v) is 11.7. The fourth-order valence-corrected chi connectivity index (χ4v) is 6.61. The third kappa shape index (κ3) is 4.17. The number of methoxy groups -OCH3 is 1. The second-order valence-corrected chi connectivity index (χ2v) is 9.92. The molecular weight excluding hydrogens is 404 g/mol. The highest BCUT2D eigenvalue weighted by Gasteiger charge is 2.47. The summed E-state index contributed by atoms with van der Waals surface area (Å²) >= 11 is 0. The standard InChI is InChI=1S/C21H26N4O4S/c1-29-18-4-2-3-16(13-18)5-12-25-15-17-6-10-24(11-7-20(17)30(25,27)28)21(26)19-14-22-8-9-23-19/h2-4,8-9,13-14,17,20H,5-7,10-12,15H2,1H3/t17-,20-/m1/s1. The summed E-state index contributed by atoms with van der Waals surface area (Å²) in [5, 5.41) is -0.428. The average Bonchev–Trinajstić information content (AvgIpc) is 2.90. The summed E-state index contributed by atoms with van der Waals surface area (Å²) in [6, 6.07) is 7.72. The molecule has 0 spiro atoms. The molecule has 1 aromatic heterocycles. The predicted octanol–water partition coefficient (Wildman–Crippen LogP) is 1.59. The van der Waals surface area contributed by atoms with Crippen LogP contribution in [0.1, 0.15) is 28.9 Å². The Morgan fingerprint density at radius 2 is 2.07 bits per heavy atom. The molecule has 2 aliphatic heterocycles. The summed E-state index contributed by atoms with van der Waals surface area (Å²) in [5.74, 6) is 0.630. The van der Waals surface area contributed by atoms with E-state index >= 15 is 0 Å². The van der Waals surface area contributed by atoms with Gasteiger partial charge in [0.05, 0.1) is 18.6 Å². The second-order valence-electron chi connectivity index (χ2n) is 7.76. The molecule has 0 aliphatic carbocycles. The molecule has 0 unspecified atom stereocenters. The summed E-state index contributed by atoms with van der Waals surface area (Å²) in [4.78, 5) is 22.4. The van der Waals surface area contributed by atoms with Crippen LogP contribution in [0.3, 0.4) is 0 Å². The third-order valence-corrected chi connectivity index (χ3v) is 8.45. The highest BCUT2D eigenvalue weighted by atomic mass is 32.2. The third-order valence-electron chi connectivity index (χ3n) is 6.01. The number of fused-ring (bicyclic) bond motifs is 1.